The van der Waals surface area contributed by atoms with Gasteiger partial charge in [0.1, 0.15) is 0 Å². The second kappa shape index (κ2) is 3.62. The summed E-state index contributed by atoms with van der Waals surface area (Å²) in [5, 5.41) is 3.58. The maximum Gasteiger partial charge on any atom is 0.227 e. The minimum absolute atomic E-state index is 0.0889. The highest BCUT2D eigenvalue weighted by Crippen LogP contribution is 2.26. The Labute approximate surface area is 88.3 Å². The number of hydrogen-bond donors (Lipinski definition) is 1. The molecule has 0 saturated carbocycles. The van der Waals surface area contributed by atoms with Crippen molar-refractivity contribution in [2.24, 2.45) is 0 Å². The SMILES string of the molecule is C[C@@H]1C(=O)NCCc2ccc(Cl)cc21. The molecule has 1 heterocycles. The van der Waals surface area contributed by atoms with Crippen molar-refractivity contribution in [1.82, 2.24) is 5.32 Å². The molecular weight excluding hydrogens is 198 g/mol. The highest BCUT2D eigenvalue weighted by atomic mass is 35.5. The van der Waals surface area contributed by atoms with E-state index in [1.165, 1.54) is 5.56 Å². The molecule has 0 saturated heterocycles. The number of amides is 1. The van der Waals surface area contributed by atoms with Crippen LogP contribution in [0.5, 0.6) is 0 Å². The Morgan fingerprint density at radius 2 is 2.29 bits per heavy atom. The van der Waals surface area contributed by atoms with E-state index in [1.54, 1.807) is 0 Å². The average molecular weight is 210 g/mol. The minimum atomic E-state index is -0.0915. The van der Waals surface area contributed by atoms with Crippen molar-refractivity contribution in [1.29, 1.82) is 0 Å². The van der Waals surface area contributed by atoms with Crippen molar-refractivity contribution in [2.45, 2.75) is 19.3 Å². The van der Waals surface area contributed by atoms with Crippen LogP contribution in [0.4, 0.5) is 0 Å². The number of fused-ring (bicyclic) bond motifs is 1. The lowest BCUT2D eigenvalue weighted by atomic mass is 9.95. The largest absolute Gasteiger partial charge is 0.355 e. The molecule has 0 unspecified atom stereocenters. The lowest BCUT2D eigenvalue weighted by Gasteiger charge is -2.10. The van der Waals surface area contributed by atoms with Gasteiger partial charge in [0.25, 0.3) is 0 Å². The normalized spacial score (nSPS) is 21.0. The number of carbonyl (C=O) groups excluding carboxylic acids is 1. The van der Waals surface area contributed by atoms with Crippen LogP contribution in [-0.2, 0) is 11.2 Å². The fraction of sp³-hybridized carbons (Fsp3) is 0.364. The van der Waals surface area contributed by atoms with Crippen molar-refractivity contribution in [3.63, 3.8) is 0 Å². The molecular formula is C11H12ClNO. The molecule has 2 rings (SSSR count). The summed E-state index contributed by atoms with van der Waals surface area (Å²) in [6, 6.07) is 5.78. The molecule has 3 heteroatoms. The van der Waals surface area contributed by atoms with E-state index in [0.717, 1.165) is 18.5 Å². The Morgan fingerprint density at radius 3 is 3.07 bits per heavy atom. The van der Waals surface area contributed by atoms with E-state index in [0.29, 0.717) is 5.02 Å². The average Bonchev–Trinajstić information content (AvgIpc) is 2.30. The van der Waals surface area contributed by atoms with Gasteiger partial charge in [0, 0.05) is 11.6 Å². The van der Waals surface area contributed by atoms with Gasteiger partial charge in [-0.05, 0) is 36.6 Å². The van der Waals surface area contributed by atoms with E-state index < -0.39 is 0 Å². The second-order valence-corrected chi connectivity index (χ2v) is 4.04. The third kappa shape index (κ3) is 1.62. The second-order valence-electron chi connectivity index (χ2n) is 3.61. The summed E-state index contributed by atoms with van der Waals surface area (Å²) in [5.41, 5.74) is 2.28. The monoisotopic (exact) mass is 209 g/mol. The predicted molar refractivity (Wildman–Crippen MR) is 56.6 cm³/mol. The first kappa shape index (κ1) is 9.53. The molecule has 1 aliphatic rings. The zero-order valence-electron chi connectivity index (χ0n) is 8.01. The molecule has 1 atom stereocenters. The van der Waals surface area contributed by atoms with Gasteiger partial charge in [-0.1, -0.05) is 17.7 Å². The lowest BCUT2D eigenvalue weighted by Crippen LogP contribution is -2.26. The van der Waals surface area contributed by atoms with Crippen molar-refractivity contribution in [3.8, 4) is 0 Å². The van der Waals surface area contributed by atoms with Crippen LogP contribution < -0.4 is 5.32 Å². The first-order valence-electron chi connectivity index (χ1n) is 4.74. The van der Waals surface area contributed by atoms with Crippen LogP contribution in [0, 0.1) is 0 Å². The number of halogens is 1. The Kier molecular flexibility index (Phi) is 2.46. The quantitative estimate of drug-likeness (QED) is 0.697. The summed E-state index contributed by atoms with van der Waals surface area (Å²) in [4.78, 5) is 11.5. The first-order valence-corrected chi connectivity index (χ1v) is 5.12. The number of hydrogen-bond acceptors (Lipinski definition) is 1. The summed E-state index contributed by atoms with van der Waals surface area (Å²) in [6.45, 7) is 2.63. The summed E-state index contributed by atoms with van der Waals surface area (Å²) in [7, 11) is 0. The maximum absolute atomic E-state index is 11.5. The van der Waals surface area contributed by atoms with Crippen LogP contribution >= 0.6 is 11.6 Å². The van der Waals surface area contributed by atoms with Gasteiger partial charge in [-0.2, -0.15) is 0 Å². The van der Waals surface area contributed by atoms with E-state index in [4.69, 9.17) is 11.6 Å². The Morgan fingerprint density at radius 1 is 1.50 bits per heavy atom. The molecule has 0 aliphatic carbocycles. The lowest BCUT2D eigenvalue weighted by molar-refractivity contribution is -0.121. The third-order valence-electron chi connectivity index (χ3n) is 2.66. The first-order chi connectivity index (χ1) is 6.68. The van der Waals surface area contributed by atoms with Crippen molar-refractivity contribution in [2.75, 3.05) is 6.54 Å². The minimum Gasteiger partial charge on any atom is -0.355 e. The predicted octanol–water partition coefficient (Wildman–Crippen LogP) is 2.12. The molecule has 0 spiro atoms. The highest BCUT2D eigenvalue weighted by molar-refractivity contribution is 6.30. The van der Waals surface area contributed by atoms with Gasteiger partial charge in [-0.3, -0.25) is 4.79 Å². The van der Waals surface area contributed by atoms with Gasteiger partial charge >= 0.3 is 0 Å². The van der Waals surface area contributed by atoms with E-state index >= 15 is 0 Å². The molecule has 1 aromatic carbocycles. The Hall–Kier alpha value is -1.02. The number of nitrogens with one attached hydrogen (secondary N) is 1. The van der Waals surface area contributed by atoms with Crippen LogP contribution in [0.1, 0.15) is 24.0 Å². The smallest absolute Gasteiger partial charge is 0.227 e. The molecule has 0 fully saturated rings. The molecule has 1 aromatic rings. The van der Waals surface area contributed by atoms with Gasteiger partial charge in [0.2, 0.25) is 5.91 Å². The maximum atomic E-state index is 11.5. The van der Waals surface area contributed by atoms with Gasteiger partial charge in [-0.15, -0.1) is 0 Å². The zero-order valence-corrected chi connectivity index (χ0v) is 8.77. The topological polar surface area (TPSA) is 29.1 Å². The number of rotatable bonds is 0. The summed E-state index contributed by atoms with van der Waals surface area (Å²) in [5.74, 6) is -0.00258. The Bertz CT molecular complexity index is 376. The van der Waals surface area contributed by atoms with Crippen LogP contribution in [0.3, 0.4) is 0 Å². The Balaban J connectivity index is 2.49. The molecule has 1 amide bonds. The van der Waals surface area contributed by atoms with E-state index in [2.05, 4.69) is 5.32 Å². The van der Waals surface area contributed by atoms with Crippen LogP contribution in [-0.4, -0.2) is 12.5 Å². The van der Waals surface area contributed by atoms with Crippen molar-refractivity contribution >= 4 is 17.5 Å². The van der Waals surface area contributed by atoms with E-state index in [-0.39, 0.29) is 11.8 Å². The fourth-order valence-corrected chi connectivity index (χ4v) is 1.99. The van der Waals surface area contributed by atoms with E-state index in [9.17, 15) is 4.79 Å². The third-order valence-corrected chi connectivity index (χ3v) is 2.90. The number of benzene rings is 1. The van der Waals surface area contributed by atoms with Crippen molar-refractivity contribution in [3.05, 3.63) is 34.3 Å². The molecule has 0 aromatic heterocycles. The van der Waals surface area contributed by atoms with Gasteiger partial charge < -0.3 is 5.32 Å². The van der Waals surface area contributed by atoms with Crippen LogP contribution in [0.2, 0.25) is 5.02 Å². The van der Waals surface area contributed by atoms with Crippen LogP contribution in [0.15, 0.2) is 18.2 Å². The van der Waals surface area contributed by atoms with Crippen LogP contribution in [0.25, 0.3) is 0 Å². The summed E-state index contributed by atoms with van der Waals surface area (Å²) >= 11 is 5.91. The molecule has 14 heavy (non-hydrogen) atoms. The van der Waals surface area contributed by atoms with Gasteiger partial charge in [-0.25, -0.2) is 0 Å². The molecule has 0 radical (unpaired) electrons. The molecule has 0 bridgehead atoms. The van der Waals surface area contributed by atoms with E-state index in [1.807, 2.05) is 25.1 Å². The fourth-order valence-electron chi connectivity index (χ4n) is 1.81. The van der Waals surface area contributed by atoms with Gasteiger partial charge in [0.15, 0.2) is 0 Å². The van der Waals surface area contributed by atoms with Gasteiger partial charge in [0.05, 0.1) is 5.92 Å². The number of carbonyl (C=O) groups is 1. The summed E-state index contributed by atoms with van der Waals surface area (Å²) < 4.78 is 0. The molecule has 1 aliphatic heterocycles. The van der Waals surface area contributed by atoms with Crippen molar-refractivity contribution < 1.29 is 4.79 Å². The molecule has 74 valence electrons. The highest BCUT2D eigenvalue weighted by Gasteiger charge is 2.21. The standard InChI is InChI=1S/C11H12ClNO/c1-7-10-6-9(12)3-2-8(10)4-5-13-11(7)14/h2-3,6-7H,4-5H2,1H3,(H,13,14)/t7-/m0/s1. The molecule has 2 nitrogen and oxygen atoms in total. The molecule has 1 N–H and O–H groups in total. The zero-order chi connectivity index (χ0) is 10.1. The summed E-state index contributed by atoms with van der Waals surface area (Å²) in [6.07, 6.45) is 0.891.